The molecule has 1 atom stereocenters. The maximum Gasteiger partial charge on any atom is 0.325 e. The summed E-state index contributed by atoms with van der Waals surface area (Å²) < 4.78 is 0. The van der Waals surface area contributed by atoms with Gasteiger partial charge in [-0.15, -0.1) is 0 Å². The number of carbonyl (C=O) groups excluding carboxylic acids is 2. The fourth-order valence-corrected chi connectivity index (χ4v) is 4.39. The van der Waals surface area contributed by atoms with Crippen LogP contribution in [0.15, 0.2) is 0 Å². The van der Waals surface area contributed by atoms with E-state index >= 15 is 0 Å². The molecule has 0 bridgehead atoms. The van der Waals surface area contributed by atoms with Crippen molar-refractivity contribution >= 4 is 27.9 Å². The first kappa shape index (κ1) is 16.8. The van der Waals surface area contributed by atoms with Gasteiger partial charge in [0.05, 0.1) is 0 Å². The molecule has 1 spiro atoms. The van der Waals surface area contributed by atoms with Crippen LogP contribution in [0.3, 0.4) is 0 Å². The molecule has 4 nitrogen and oxygen atoms in total. The van der Waals surface area contributed by atoms with E-state index in [1.807, 2.05) is 0 Å². The lowest BCUT2D eigenvalue weighted by molar-refractivity contribution is -0.133. The minimum Gasteiger partial charge on any atom is -0.323 e. The maximum atomic E-state index is 12.8. The second-order valence-electron chi connectivity index (χ2n) is 7.83. The van der Waals surface area contributed by atoms with Crippen molar-refractivity contribution in [3.8, 4) is 0 Å². The van der Waals surface area contributed by atoms with E-state index in [2.05, 4.69) is 48.9 Å². The summed E-state index contributed by atoms with van der Waals surface area (Å²) in [7, 11) is 0. The molecule has 1 aliphatic carbocycles. The summed E-state index contributed by atoms with van der Waals surface area (Å²) >= 11 is 3.52. The quantitative estimate of drug-likeness (QED) is 0.619. The van der Waals surface area contributed by atoms with Gasteiger partial charge in [0, 0.05) is 11.9 Å². The van der Waals surface area contributed by atoms with Crippen LogP contribution in [0.4, 0.5) is 4.79 Å². The molecule has 1 heterocycles. The van der Waals surface area contributed by atoms with Crippen LogP contribution in [0, 0.1) is 17.3 Å². The zero-order valence-electron chi connectivity index (χ0n) is 13.5. The molecule has 2 aliphatic rings. The monoisotopic (exact) mass is 358 g/mol. The number of nitrogens with zero attached hydrogens (tertiary/aromatic N) is 1. The number of urea groups is 1. The number of halogens is 1. The Hall–Kier alpha value is -0.580. The van der Waals surface area contributed by atoms with Gasteiger partial charge in [0.1, 0.15) is 5.54 Å². The van der Waals surface area contributed by atoms with Gasteiger partial charge in [-0.3, -0.25) is 9.69 Å². The second-order valence-corrected chi connectivity index (χ2v) is 8.48. The Bertz CT molecular complexity index is 422. The van der Waals surface area contributed by atoms with Gasteiger partial charge >= 0.3 is 6.03 Å². The molecule has 3 amide bonds. The molecule has 2 rings (SSSR count). The van der Waals surface area contributed by atoms with Crippen molar-refractivity contribution in [3.63, 3.8) is 0 Å². The minimum atomic E-state index is -0.613. The van der Waals surface area contributed by atoms with Gasteiger partial charge < -0.3 is 5.32 Å². The van der Waals surface area contributed by atoms with E-state index in [-0.39, 0.29) is 23.3 Å². The number of hydrogen-bond acceptors (Lipinski definition) is 2. The van der Waals surface area contributed by atoms with E-state index in [4.69, 9.17) is 0 Å². The Morgan fingerprint density at radius 1 is 1.33 bits per heavy atom. The van der Waals surface area contributed by atoms with Crippen LogP contribution in [-0.2, 0) is 4.79 Å². The van der Waals surface area contributed by atoms with E-state index in [0.29, 0.717) is 12.5 Å². The Morgan fingerprint density at radius 2 is 1.90 bits per heavy atom. The lowest BCUT2D eigenvalue weighted by atomic mass is 9.77. The van der Waals surface area contributed by atoms with Gasteiger partial charge in [-0.25, -0.2) is 4.79 Å². The summed E-state index contributed by atoms with van der Waals surface area (Å²) in [5.74, 6) is 0.902. The highest BCUT2D eigenvalue weighted by Crippen LogP contribution is 2.37. The lowest BCUT2D eigenvalue weighted by Crippen LogP contribution is -2.49. The molecular weight excluding hydrogens is 332 g/mol. The number of carbonyl (C=O) groups is 2. The fraction of sp³-hybridized carbons (Fsp3) is 0.875. The third-order valence-corrected chi connectivity index (χ3v) is 5.97. The molecule has 0 aromatic rings. The minimum absolute atomic E-state index is 0.00500. The zero-order chi connectivity index (χ0) is 15.8. The molecule has 21 heavy (non-hydrogen) atoms. The maximum absolute atomic E-state index is 12.8. The molecule has 1 saturated carbocycles. The van der Waals surface area contributed by atoms with E-state index < -0.39 is 5.54 Å². The average Bonchev–Trinajstić information content (AvgIpc) is 2.62. The SMILES string of the molecule is CC1CCC2(CC1)NC(=O)N(CC(CBr)C(C)(C)C)C2=O. The number of imide groups is 1. The third-order valence-electron chi connectivity index (χ3n) is 5.19. The van der Waals surface area contributed by atoms with Crippen LogP contribution < -0.4 is 5.32 Å². The molecule has 1 unspecified atom stereocenters. The fourth-order valence-electron chi connectivity index (χ4n) is 3.21. The first-order chi connectivity index (χ1) is 9.69. The Morgan fingerprint density at radius 3 is 2.38 bits per heavy atom. The van der Waals surface area contributed by atoms with Crippen molar-refractivity contribution in [1.29, 1.82) is 0 Å². The number of rotatable bonds is 3. The third kappa shape index (κ3) is 3.27. The molecule has 2 fully saturated rings. The van der Waals surface area contributed by atoms with Crippen molar-refractivity contribution in [2.45, 2.75) is 58.9 Å². The summed E-state index contributed by atoms with van der Waals surface area (Å²) in [4.78, 5) is 26.6. The van der Waals surface area contributed by atoms with Crippen molar-refractivity contribution in [3.05, 3.63) is 0 Å². The molecule has 120 valence electrons. The summed E-state index contributed by atoms with van der Waals surface area (Å²) in [6.45, 7) is 9.16. The van der Waals surface area contributed by atoms with Gasteiger partial charge in [-0.2, -0.15) is 0 Å². The van der Waals surface area contributed by atoms with Crippen LogP contribution in [-0.4, -0.2) is 34.3 Å². The number of hydrogen-bond donors (Lipinski definition) is 1. The standard InChI is InChI=1S/C16H27BrN2O2/c1-11-5-7-16(8-6-11)13(20)19(14(21)18-16)10-12(9-17)15(2,3)4/h11-12H,5-10H2,1-4H3,(H,18,21). The van der Waals surface area contributed by atoms with E-state index in [1.54, 1.807) is 0 Å². The van der Waals surface area contributed by atoms with Crippen LogP contribution in [0.5, 0.6) is 0 Å². The summed E-state index contributed by atoms with van der Waals surface area (Å²) in [6.07, 6.45) is 3.59. The predicted octanol–water partition coefficient (Wildman–Crippen LogP) is 3.54. The Labute approximate surface area is 136 Å². The molecular formula is C16H27BrN2O2. The normalized spacial score (nSPS) is 31.7. The van der Waals surface area contributed by atoms with Gasteiger partial charge in [-0.1, -0.05) is 43.6 Å². The van der Waals surface area contributed by atoms with Crippen molar-refractivity contribution in [1.82, 2.24) is 10.2 Å². The van der Waals surface area contributed by atoms with Crippen molar-refractivity contribution in [2.75, 3.05) is 11.9 Å². The van der Waals surface area contributed by atoms with Crippen molar-refractivity contribution < 1.29 is 9.59 Å². The van der Waals surface area contributed by atoms with E-state index in [1.165, 1.54) is 4.90 Å². The predicted molar refractivity (Wildman–Crippen MR) is 87.3 cm³/mol. The van der Waals surface area contributed by atoms with Gasteiger partial charge in [0.2, 0.25) is 0 Å². The van der Waals surface area contributed by atoms with E-state index in [0.717, 1.165) is 31.0 Å². The first-order valence-corrected chi connectivity index (χ1v) is 9.02. The highest BCUT2D eigenvalue weighted by Gasteiger charge is 2.52. The Balaban J connectivity index is 2.12. The highest BCUT2D eigenvalue weighted by atomic mass is 79.9. The molecule has 1 saturated heterocycles. The first-order valence-electron chi connectivity index (χ1n) is 7.90. The number of amides is 3. The molecule has 1 N–H and O–H groups in total. The highest BCUT2D eigenvalue weighted by molar-refractivity contribution is 9.09. The Kier molecular flexibility index (Phi) is 4.72. The topological polar surface area (TPSA) is 49.4 Å². The van der Waals surface area contributed by atoms with Crippen molar-refractivity contribution in [2.24, 2.45) is 17.3 Å². The van der Waals surface area contributed by atoms with E-state index in [9.17, 15) is 9.59 Å². The largest absolute Gasteiger partial charge is 0.325 e. The molecule has 5 heteroatoms. The van der Waals surface area contributed by atoms with Gasteiger partial charge in [0.25, 0.3) is 5.91 Å². The second kappa shape index (κ2) is 5.90. The molecule has 0 radical (unpaired) electrons. The zero-order valence-corrected chi connectivity index (χ0v) is 15.1. The average molecular weight is 359 g/mol. The van der Waals surface area contributed by atoms with Gasteiger partial charge in [-0.05, 0) is 42.9 Å². The van der Waals surface area contributed by atoms with Crippen LogP contribution in [0.25, 0.3) is 0 Å². The molecule has 1 aliphatic heterocycles. The van der Waals surface area contributed by atoms with Crippen LogP contribution >= 0.6 is 15.9 Å². The van der Waals surface area contributed by atoms with Crippen LogP contribution in [0.1, 0.15) is 53.4 Å². The number of alkyl halides is 1. The molecule has 0 aromatic carbocycles. The van der Waals surface area contributed by atoms with Crippen LogP contribution in [0.2, 0.25) is 0 Å². The molecule has 0 aromatic heterocycles. The smallest absolute Gasteiger partial charge is 0.323 e. The number of nitrogens with one attached hydrogen (secondary N) is 1. The summed E-state index contributed by atoms with van der Waals surface area (Å²) in [5.41, 5.74) is -0.556. The summed E-state index contributed by atoms with van der Waals surface area (Å²) in [5, 5.41) is 3.78. The lowest BCUT2D eigenvalue weighted by Gasteiger charge is -2.35. The van der Waals surface area contributed by atoms with Gasteiger partial charge in [0.15, 0.2) is 0 Å². The summed E-state index contributed by atoms with van der Waals surface area (Å²) in [6, 6.07) is -0.204.